The van der Waals surface area contributed by atoms with Crippen molar-refractivity contribution in [3.63, 3.8) is 0 Å². The highest BCUT2D eigenvalue weighted by Crippen LogP contribution is 2.26. The molecule has 24 heavy (non-hydrogen) atoms. The third-order valence-electron chi connectivity index (χ3n) is 4.32. The predicted molar refractivity (Wildman–Crippen MR) is 89.8 cm³/mol. The monoisotopic (exact) mass is 332 g/mol. The first-order valence-electron chi connectivity index (χ1n) is 8.17. The maximum absolute atomic E-state index is 12.8. The van der Waals surface area contributed by atoms with E-state index in [1.807, 2.05) is 13.0 Å². The highest BCUT2D eigenvalue weighted by atomic mass is 16.2. The normalized spacial score (nSPS) is 19.3. The Hall–Kier alpha value is -2.41. The third-order valence-corrected chi connectivity index (χ3v) is 4.32. The first kappa shape index (κ1) is 17.9. The van der Waals surface area contributed by atoms with E-state index >= 15 is 0 Å². The number of nitrogens with one attached hydrogen (secondary N) is 3. The molecule has 5 N–H and O–H groups in total. The summed E-state index contributed by atoms with van der Waals surface area (Å²) in [6.45, 7) is 2.33. The lowest BCUT2D eigenvalue weighted by atomic mass is 9.85. The van der Waals surface area contributed by atoms with Crippen molar-refractivity contribution in [2.45, 2.75) is 37.8 Å². The number of nitrogens with two attached hydrogens (primary N) is 1. The van der Waals surface area contributed by atoms with Crippen molar-refractivity contribution in [2.75, 3.05) is 13.1 Å². The van der Waals surface area contributed by atoms with Crippen molar-refractivity contribution in [3.8, 4) is 0 Å². The zero-order valence-electron chi connectivity index (χ0n) is 13.8. The van der Waals surface area contributed by atoms with Gasteiger partial charge in [0.25, 0.3) is 5.91 Å². The first-order chi connectivity index (χ1) is 11.5. The van der Waals surface area contributed by atoms with E-state index in [4.69, 9.17) is 5.73 Å². The summed E-state index contributed by atoms with van der Waals surface area (Å²) in [5.41, 5.74) is 4.54. The zero-order chi connectivity index (χ0) is 17.6. The summed E-state index contributed by atoms with van der Waals surface area (Å²) >= 11 is 0. The lowest BCUT2D eigenvalue weighted by Crippen LogP contribution is -2.59. The third kappa shape index (κ3) is 3.91. The molecule has 0 saturated carbocycles. The van der Waals surface area contributed by atoms with Crippen LogP contribution < -0.4 is 21.7 Å². The molecule has 1 aliphatic heterocycles. The molecule has 0 aromatic heterocycles. The number of rotatable bonds is 7. The van der Waals surface area contributed by atoms with Crippen LogP contribution in [0.5, 0.6) is 0 Å². The van der Waals surface area contributed by atoms with E-state index in [1.165, 1.54) is 0 Å². The van der Waals surface area contributed by atoms with Crippen molar-refractivity contribution in [1.29, 1.82) is 0 Å². The van der Waals surface area contributed by atoms with Crippen molar-refractivity contribution < 1.29 is 14.4 Å². The number of primary amides is 1. The maximum Gasteiger partial charge on any atom is 0.250 e. The summed E-state index contributed by atoms with van der Waals surface area (Å²) in [4.78, 5) is 36.4. The lowest BCUT2D eigenvalue weighted by molar-refractivity contribution is -0.135. The fourth-order valence-electron chi connectivity index (χ4n) is 2.96. The molecular weight excluding hydrogens is 308 g/mol. The van der Waals surface area contributed by atoms with Gasteiger partial charge in [-0.25, -0.2) is 0 Å². The van der Waals surface area contributed by atoms with Gasteiger partial charge in [-0.3, -0.25) is 14.4 Å². The Balaban J connectivity index is 2.29. The minimum atomic E-state index is -1.24. The van der Waals surface area contributed by atoms with Crippen LogP contribution >= 0.6 is 0 Å². The number of benzene rings is 1. The smallest absolute Gasteiger partial charge is 0.250 e. The number of hydrogen-bond donors (Lipinski definition) is 4. The van der Waals surface area contributed by atoms with Gasteiger partial charge in [0.1, 0.15) is 5.54 Å². The van der Waals surface area contributed by atoms with Crippen LogP contribution in [0.15, 0.2) is 30.3 Å². The van der Waals surface area contributed by atoms with E-state index in [0.29, 0.717) is 12.0 Å². The summed E-state index contributed by atoms with van der Waals surface area (Å²) in [6, 6.07) is 8.72. The van der Waals surface area contributed by atoms with Gasteiger partial charge in [0.2, 0.25) is 11.8 Å². The minimum Gasteiger partial charge on any atom is -0.368 e. The summed E-state index contributed by atoms with van der Waals surface area (Å²) in [5.74, 6) is -1.29. The second kappa shape index (κ2) is 7.92. The van der Waals surface area contributed by atoms with Crippen LogP contribution in [-0.4, -0.2) is 36.9 Å². The summed E-state index contributed by atoms with van der Waals surface area (Å²) in [5, 5.41) is 8.54. The lowest BCUT2D eigenvalue weighted by Gasteiger charge is -2.34. The van der Waals surface area contributed by atoms with Crippen molar-refractivity contribution in [3.05, 3.63) is 35.9 Å². The standard InChI is InChI=1S/C17H24N4O3/c1-2-17(12-7-4-3-5-8-12,16(24)20-11-14(18)22)21-15(23)13-9-6-10-19-13/h3-5,7-8,13,19H,2,6,9-11H2,1H3,(H2,18,22)(H,20,24)(H,21,23). The topological polar surface area (TPSA) is 113 Å². The van der Waals surface area contributed by atoms with Gasteiger partial charge >= 0.3 is 0 Å². The maximum atomic E-state index is 12.8. The van der Waals surface area contributed by atoms with Crippen LogP contribution in [0.25, 0.3) is 0 Å². The van der Waals surface area contributed by atoms with Crippen LogP contribution in [0.3, 0.4) is 0 Å². The van der Waals surface area contributed by atoms with Gasteiger partial charge in [-0.2, -0.15) is 0 Å². The summed E-state index contributed by atoms with van der Waals surface area (Å²) in [6.07, 6.45) is 2.01. The number of amides is 3. The van der Waals surface area contributed by atoms with Crippen molar-refractivity contribution in [2.24, 2.45) is 5.73 Å². The fourth-order valence-corrected chi connectivity index (χ4v) is 2.96. The molecule has 2 atom stereocenters. The highest BCUT2D eigenvalue weighted by Gasteiger charge is 2.41. The Morgan fingerprint density at radius 3 is 2.54 bits per heavy atom. The molecule has 2 unspecified atom stereocenters. The largest absolute Gasteiger partial charge is 0.368 e. The van der Waals surface area contributed by atoms with Crippen LogP contribution in [-0.2, 0) is 19.9 Å². The predicted octanol–water partition coefficient (Wildman–Crippen LogP) is -0.238. The molecule has 0 radical (unpaired) electrons. The summed E-state index contributed by atoms with van der Waals surface area (Å²) < 4.78 is 0. The molecule has 0 bridgehead atoms. The SMILES string of the molecule is CCC(NC(=O)C1CCCN1)(C(=O)NCC(N)=O)c1ccccc1. The van der Waals surface area contributed by atoms with E-state index < -0.39 is 17.4 Å². The Labute approximate surface area is 141 Å². The first-order valence-corrected chi connectivity index (χ1v) is 8.17. The van der Waals surface area contributed by atoms with E-state index in [9.17, 15) is 14.4 Å². The number of hydrogen-bond acceptors (Lipinski definition) is 4. The van der Waals surface area contributed by atoms with Crippen molar-refractivity contribution >= 4 is 17.7 Å². The number of carbonyl (C=O) groups is 3. The van der Waals surface area contributed by atoms with Gasteiger partial charge in [0.05, 0.1) is 12.6 Å². The molecule has 1 aliphatic rings. The molecule has 1 fully saturated rings. The second-order valence-corrected chi connectivity index (χ2v) is 5.91. The van der Waals surface area contributed by atoms with Crippen molar-refractivity contribution in [1.82, 2.24) is 16.0 Å². The Morgan fingerprint density at radius 2 is 2.00 bits per heavy atom. The van der Waals surface area contributed by atoms with Crippen LogP contribution in [0.2, 0.25) is 0 Å². The molecule has 130 valence electrons. The number of carbonyl (C=O) groups excluding carboxylic acids is 3. The van der Waals surface area contributed by atoms with Gasteiger partial charge < -0.3 is 21.7 Å². The van der Waals surface area contributed by atoms with Gasteiger partial charge in [-0.1, -0.05) is 37.3 Å². The van der Waals surface area contributed by atoms with Crippen LogP contribution in [0.1, 0.15) is 31.7 Å². The summed E-state index contributed by atoms with van der Waals surface area (Å²) in [7, 11) is 0. The molecule has 2 rings (SSSR count). The molecule has 3 amide bonds. The molecule has 1 saturated heterocycles. The van der Waals surface area contributed by atoms with E-state index in [0.717, 1.165) is 19.4 Å². The molecule has 1 aromatic rings. The molecule has 1 aromatic carbocycles. The Kier molecular flexibility index (Phi) is 5.92. The van der Waals surface area contributed by atoms with Gasteiger partial charge in [0.15, 0.2) is 0 Å². The minimum absolute atomic E-state index is 0.215. The van der Waals surface area contributed by atoms with Gasteiger partial charge in [0, 0.05) is 0 Å². The van der Waals surface area contributed by atoms with Crippen LogP contribution in [0.4, 0.5) is 0 Å². The Morgan fingerprint density at radius 1 is 1.29 bits per heavy atom. The quantitative estimate of drug-likeness (QED) is 0.552. The highest BCUT2D eigenvalue weighted by molar-refractivity contribution is 5.95. The van der Waals surface area contributed by atoms with E-state index in [-0.39, 0.29) is 18.5 Å². The molecule has 7 nitrogen and oxygen atoms in total. The van der Waals surface area contributed by atoms with E-state index in [2.05, 4.69) is 16.0 Å². The van der Waals surface area contributed by atoms with Crippen LogP contribution in [0, 0.1) is 0 Å². The average Bonchev–Trinajstić information content (AvgIpc) is 3.13. The Bertz CT molecular complexity index is 599. The molecule has 1 heterocycles. The average molecular weight is 332 g/mol. The zero-order valence-corrected chi connectivity index (χ0v) is 13.8. The molecule has 7 heteroatoms. The molecular formula is C17H24N4O3. The second-order valence-electron chi connectivity index (χ2n) is 5.91. The molecule has 0 spiro atoms. The fraction of sp³-hybridized carbons (Fsp3) is 0.471. The van der Waals surface area contributed by atoms with Gasteiger partial charge in [-0.05, 0) is 31.4 Å². The molecule has 0 aliphatic carbocycles. The van der Waals surface area contributed by atoms with E-state index in [1.54, 1.807) is 24.3 Å². The van der Waals surface area contributed by atoms with Gasteiger partial charge in [-0.15, -0.1) is 0 Å².